The Bertz CT molecular complexity index is 2730. The van der Waals surface area contributed by atoms with Gasteiger partial charge in [0.2, 0.25) is 0 Å². The summed E-state index contributed by atoms with van der Waals surface area (Å²) in [7, 11) is 0. The molecular formula is C47H27N. The molecule has 1 aliphatic rings. The normalized spacial score (nSPS) is 11.7. The van der Waals surface area contributed by atoms with Crippen LogP contribution < -0.4 is 0 Å². The van der Waals surface area contributed by atoms with E-state index in [0.717, 1.165) is 5.39 Å². The summed E-state index contributed by atoms with van der Waals surface area (Å²) in [4.78, 5) is 0. The second kappa shape index (κ2) is 10.3. The fraction of sp³-hybridized carbons (Fsp3) is 0. The third-order valence-electron chi connectivity index (χ3n) is 10.2. The molecule has 0 unspecified atom stereocenters. The van der Waals surface area contributed by atoms with Crippen LogP contribution in [0, 0.1) is 11.3 Å². The van der Waals surface area contributed by atoms with E-state index in [0.29, 0.717) is 5.56 Å². The molecule has 1 aliphatic carbocycles. The third-order valence-corrected chi connectivity index (χ3v) is 10.2. The van der Waals surface area contributed by atoms with E-state index in [-0.39, 0.29) is 0 Å². The minimum atomic E-state index is 0.686. The number of benzene rings is 9. The van der Waals surface area contributed by atoms with Gasteiger partial charge in [0.25, 0.3) is 0 Å². The molecule has 0 spiro atoms. The Morgan fingerprint density at radius 1 is 0.333 bits per heavy atom. The van der Waals surface area contributed by atoms with Crippen molar-refractivity contribution in [2.24, 2.45) is 0 Å². The molecule has 48 heavy (non-hydrogen) atoms. The van der Waals surface area contributed by atoms with Crippen LogP contribution in [-0.4, -0.2) is 0 Å². The van der Waals surface area contributed by atoms with Gasteiger partial charge < -0.3 is 0 Å². The molecule has 1 heteroatoms. The molecular weight excluding hydrogens is 579 g/mol. The molecule has 0 radical (unpaired) electrons. The average Bonchev–Trinajstić information content (AvgIpc) is 3.49. The molecule has 0 heterocycles. The van der Waals surface area contributed by atoms with Crippen LogP contribution in [-0.2, 0) is 0 Å². The van der Waals surface area contributed by atoms with Crippen LogP contribution in [0.5, 0.6) is 0 Å². The van der Waals surface area contributed by atoms with Crippen molar-refractivity contribution < 1.29 is 0 Å². The van der Waals surface area contributed by atoms with Gasteiger partial charge in [-0.05, 0) is 117 Å². The molecule has 0 aliphatic heterocycles. The number of rotatable bonds is 3. The lowest BCUT2D eigenvalue weighted by atomic mass is 9.82. The Hall–Kier alpha value is -6.49. The molecule has 0 saturated heterocycles. The van der Waals surface area contributed by atoms with Gasteiger partial charge in [-0.1, -0.05) is 146 Å². The Morgan fingerprint density at radius 3 is 1.52 bits per heavy atom. The van der Waals surface area contributed by atoms with E-state index in [4.69, 9.17) is 0 Å². The van der Waals surface area contributed by atoms with Crippen molar-refractivity contribution in [3.63, 3.8) is 0 Å². The van der Waals surface area contributed by atoms with E-state index in [9.17, 15) is 5.26 Å². The fourth-order valence-electron chi connectivity index (χ4n) is 8.17. The Morgan fingerprint density at radius 2 is 0.875 bits per heavy atom. The van der Waals surface area contributed by atoms with E-state index >= 15 is 0 Å². The van der Waals surface area contributed by atoms with E-state index < -0.39 is 0 Å². The minimum Gasteiger partial charge on any atom is -0.192 e. The third kappa shape index (κ3) is 3.78. The summed E-state index contributed by atoms with van der Waals surface area (Å²) >= 11 is 0. The molecule has 0 saturated carbocycles. The van der Waals surface area contributed by atoms with Crippen molar-refractivity contribution >= 4 is 43.1 Å². The van der Waals surface area contributed by atoms with Gasteiger partial charge in [-0.25, -0.2) is 0 Å². The van der Waals surface area contributed by atoms with Gasteiger partial charge >= 0.3 is 0 Å². The lowest BCUT2D eigenvalue weighted by molar-refractivity contribution is 1.50. The van der Waals surface area contributed by atoms with E-state index in [2.05, 4.69) is 158 Å². The highest BCUT2D eigenvalue weighted by molar-refractivity contribution is 6.29. The van der Waals surface area contributed by atoms with Crippen molar-refractivity contribution in [3.05, 3.63) is 169 Å². The minimum absolute atomic E-state index is 0.686. The van der Waals surface area contributed by atoms with Crippen molar-refractivity contribution in [2.75, 3.05) is 0 Å². The molecule has 0 atom stereocenters. The molecule has 220 valence electrons. The number of fused-ring (bicyclic) bond motifs is 7. The molecule has 0 aromatic heterocycles. The van der Waals surface area contributed by atoms with Crippen LogP contribution in [0.2, 0.25) is 0 Å². The van der Waals surface area contributed by atoms with Gasteiger partial charge in [0.05, 0.1) is 11.6 Å². The number of nitriles is 1. The number of nitrogens with zero attached hydrogens (tertiary/aromatic N) is 1. The zero-order valence-electron chi connectivity index (χ0n) is 26.0. The highest BCUT2D eigenvalue weighted by Gasteiger charge is 2.31. The quantitative estimate of drug-likeness (QED) is 0.184. The lowest BCUT2D eigenvalue weighted by Crippen LogP contribution is -1.93. The van der Waals surface area contributed by atoms with Gasteiger partial charge in [-0.2, -0.15) is 5.26 Å². The maximum absolute atomic E-state index is 9.41. The summed E-state index contributed by atoms with van der Waals surface area (Å²) in [5.74, 6) is 0. The molecule has 0 N–H and O–H groups in total. The molecule has 0 fully saturated rings. The summed E-state index contributed by atoms with van der Waals surface area (Å²) in [5, 5.41) is 19.2. The van der Waals surface area contributed by atoms with Crippen LogP contribution >= 0.6 is 0 Å². The summed E-state index contributed by atoms with van der Waals surface area (Å²) in [5.41, 5.74) is 13.4. The Kier molecular flexibility index (Phi) is 5.71. The molecule has 10 rings (SSSR count). The zero-order valence-corrected chi connectivity index (χ0v) is 26.0. The predicted octanol–water partition coefficient (Wildman–Crippen LogP) is 12.8. The van der Waals surface area contributed by atoms with Crippen molar-refractivity contribution in [2.45, 2.75) is 0 Å². The largest absolute Gasteiger partial charge is 0.192 e. The van der Waals surface area contributed by atoms with E-state index in [1.54, 1.807) is 0 Å². The summed E-state index contributed by atoms with van der Waals surface area (Å²) in [6.07, 6.45) is 0. The summed E-state index contributed by atoms with van der Waals surface area (Å²) in [6.45, 7) is 0. The first-order valence-electron chi connectivity index (χ1n) is 16.4. The van der Waals surface area contributed by atoms with Gasteiger partial charge in [-0.15, -0.1) is 0 Å². The van der Waals surface area contributed by atoms with Crippen molar-refractivity contribution in [3.8, 4) is 61.7 Å². The van der Waals surface area contributed by atoms with Crippen LogP contribution in [0.4, 0.5) is 0 Å². The van der Waals surface area contributed by atoms with Gasteiger partial charge in [-0.3, -0.25) is 0 Å². The zero-order chi connectivity index (χ0) is 31.8. The second-order valence-electron chi connectivity index (χ2n) is 12.7. The molecule has 1 nitrogen and oxygen atoms in total. The first kappa shape index (κ1) is 26.7. The smallest absolute Gasteiger partial charge is 0.0991 e. The lowest BCUT2D eigenvalue weighted by Gasteiger charge is -2.20. The molecule has 9 aromatic rings. The van der Waals surface area contributed by atoms with Crippen LogP contribution in [0.3, 0.4) is 0 Å². The highest BCUT2D eigenvalue weighted by atomic mass is 14.3. The topological polar surface area (TPSA) is 23.8 Å². The maximum Gasteiger partial charge on any atom is 0.0991 e. The monoisotopic (exact) mass is 605 g/mol. The highest BCUT2D eigenvalue weighted by Crippen LogP contribution is 2.58. The molecule has 0 amide bonds. The predicted molar refractivity (Wildman–Crippen MR) is 202 cm³/mol. The van der Waals surface area contributed by atoms with Gasteiger partial charge in [0.15, 0.2) is 0 Å². The Labute approximate surface area is 278 Å². The summed E-state index contributed by atoms with van der Waals surface area (Å²) in [6, 6.07) is 61.6. The maximum atomic E-state index is 9.41. The first-order chi connectivity index (χ1) is 23.8. The van der Waals surface area contributed by atoms with Crippen molar-refractivity contribution in [1.82, 2.24) is 0 Å². The van der Waals surface area contributed by atoms with E-state index in [1.165, 1.54) is 93.3 Å². The van der Waals surface area contributed by atoms with Crippen molar-refractivity contribution in [1.29, 1.82) is 5.26 Å². The molecule has 0 bridgehead atoms. The average molecular weight is 606 g/mol. The molecule has 9 aromatic carbocycles. The SMILES string of the molecule is N#Cc1ccc2c(ccc3cc(-c4ccc5c6c(cccc46)-c4c-5c(-c5ccccc5)c5ccccc5c4-c4ccccc4)ccc32)c1. The second-order valence-corrected chi connectivity index (χ2v) is 12.7. The van der Waals surface area contributed by atoms with Crippen LogP contribution in [0.25, 0.3) is 98.7 Å². The number of hydrogen-bond donors (Lipinski definition) is 0. The fourth-order valence-corrected chi connectivity index (χ4v) is 8.17. The number of hydrogen-bond acceptors (Lipinski definition) is 1. The van der Waals surface area contributed by atoms with E-state index in [1.807, 2.05) is 12.1 Å². The Balaban J connectivity index is 1.27. The summed E-state index contributed by atoms with van der Waals surface area (Å²) < 4.78 is 0. The van der Waals surface area contributed by atoms with Crippen LogP contribution in [0.1, 0.15) is 5.56 Å². The standard InChI is InChI=1S/C47H27N/c48-28-29-18-22-35-32(26-29)19-20-33-27-34(21-23-36(33)35)37-24-25-42-45-38(37)16-9-17-41(45)46-43(30-10-3-1-4-11-30)39-14-7-8-15-40(39)44(47(42)46)31-12-5-2-6-13-31/h1-27H. The van der Waals surface area contributed by atoms with Crippen LogP contribution in [0.15, 0.2) is 164 Å². The van der Waals surface area contributed by atoms with Gasteiger partial charge in [0.1, 0.15) is 0 Å². The van der Waals surface area contributed by atoms with Gasteiger partial charge in [0, 0.05) is 0 Å². The first-order valence-corrected chi connectivity index (χ1v) is 16.4.